The zero-order chi connectivity index (χ0) is 13.7. The minimum absolute atomic E-state index is 0.195. The number of benzene rings is 1. The number of thiophene rings is 1. The van der Waals surface area contributed by atoms with Crippen LogP contribution in [0.5, 0.6) is 0 Å². The third-order valence-electron chi connectivity index (χ3n) is 2.63. The Labute approximate surface area is 114 Å². The molecular weight excluding hydrogens is 262 g/mol. The summed E-state index contributed by atoms with van der Waals surface area (Å²) in [5.41, 5.74) is 1.45. The van der Waals surface area contributed by atoms with Gasteiger partial charge in [0.25, 0.3) is 0 Å². The largest absolute Gasteiger partial charge is 0.479 e. The van der Waals surface area contributed by atoms with Gasteiger partial charge in [0, 0.05) is 0 Å². The minimum Gasteiger partial charge on any atom is -0.479 e. The van der Waals surface area contributed by atoms with Crippen LogP contribution < -0.4 is 5.32 Å². The van der Waals surface area contributed by atoms with E-state index < -0.39 is 12.0 Å². The molecule has 98 valence electrons. The predicted molar refractivity (Wildman–Crippen MR) is 73.0 cm³/mol. The highest BCUT2D eigenvalue weighted by atomic mass is 32.1. The summed E-state index contributed by atoms with van der Waals surface area (Å²) >= 11 is 1.51. The molecule has 0 saturated heterocycles. The Morgan fingerprint density at radius 3 is 2.53 bits per heavy atom. The van der Waals surface area contributed by atoms with E-state index in [1.54, 1.807) is 30.3 Å². The van der Waals surface area contributed by atoms with Gasteiger partial charge >= 0.3 is 5.97 Å². The van der Waals surface area contributed by atoms with Gasteiger partial charge in [0.15, 0.2) is 6.04 Å². The maximum Gasteiger partial charge on any atom is 0.330 e. The van der Waals surface area contributed by atoms with Gasteiger partial charge in [-0.15, -0.1) is 0 Å². The minimum atomic E-state index is -1.06. The fourth-order valence-corrected chi connectivity index (χ4v) is 2.39. The first-order valence-electron chi connectivity index (χ1n) is 5.75. The van der Waals surface area contributed by atoms with Crippen LogP contribution in [-0.2, 0) is 16.0 Å². The lowest BCUT2D eigenvalue weighted by Crippen LogP contribution is -2.34. The number of carboxylic acid groups (broad SMARTS) is 1. The number of carbonyl (C=O) groups is 2. The van der Waals surface area contributed by atoms with Gasteiger partial charge in [-0.2, -0.15) is 11.3 Å². The van der Waals surface area contributed by atoms with Crippen molar-refractivity contribution < 1.29 is 14.7 Å². The second-order valence-electron chi connectivity index (χ2n) is 4.06. The van der Waals surface area contributed by atoms with Crippen LogP contribution >= 0.6 is 11.3 Å². The van der Waals surface area contributed by atoms with Gasteiger partial charge in [-0.3, -0.25) is 4.79 Å². The van der Waals surface area contributed by atoms with Crippen molar-refractivity contribution in [2.75, 3.05) is 0 Å². The van der Waals surface area contributed by atoms with Gasteiger partial charge in [0.05, 0.1) is 6.42 Å². The Kier molecular flexibility index (Phi) is 4.30. The average Bonchev–Trinajstić information content (AvgIpc) is 2.89. The molecule has 1 atom stereocenters. The molecule has 0 spiro atoms. The average molecular weight is 275 g/mol. The second-order valence-corrected chi connectivity index (χ2v) is 4.84. The van der Waals surface area contributed by atoms with Crippen LogP contribution in [0, 0.1) is 0 Å². The van der Waals surface area contributed by atoms with Crippen LogP contribution in [0.3, 0.4) is 0 Å². The third kappa shape index (κ3) is 3.66. The Morgan fingerprint density at radius 2 is 1.95 bits per heavy atom. The molecule has 2 N–H and O–H groups in total. The number of hydrogen-bond acceptors (Lipinski definition) is 3. The van der Waals surface area contributed by atoms with Crippen LogP contribution in [0.25, 0.3) is 0 Å². The van der Waals surface area contributed by atoms with Crippen molar-refractivity contribution in [3.63, 3.8) is 0 Å². The van der Waals surface area contributed by atoms with Gasteiger partial charge in [-0.25, -0.2) is 4.79 Å². The monoisotopic (exact) mass is 275 g/mol. The molecule has 0 radical (unpaired) electrons. The fraction of sp³-hybridized carbons (Fsp3) is 0.143. The molecule has 2 aromatic rings. The van der Waals surface area contributed by atoms with Crippen molar-refractivity contribution in [1.82, 2.24) is 5.32 Å². The molecule has 1 aromatic heterocycles. The van der Waals surface area contributed by atoms with Crippen LogP contribution in [0.4, 0.5) is 0 Å². The van der Waals surface area contributed by atoms with E-state index in [0.717, 1.165) is 5.56 Å². The number of aliphatic carboxylic acids is 1. The molecule has 0 saturated carbocycles. The number of hydrogen-bond donors (Lipinski definition) is 2. The van der Waals surface area contributed by atoms with E-state index in [-0.39, 0.29) is 12.3 Å². The third-order valence-corrected chi connectivity index (χ3v) is 3.36. The molecule has 0 aliphatic rings. The highest BCUT2D eigenvalue weighted by Gasteiger charge is 2.21. The Balaban J connectivity index is 2.05. The first kappa shape index (κ1) is 13.3. The van der Waals surface area contributed by atoms with Crippen LogP contribution in [0.15, 0.2) is 47.2 Å². The summed E-state index contributed by atoms with van der Waals surface area (Å²) < 4.78 is 0. The highest BCUT2D eigenvalue weighted by Crippen LogP contribution is 2.13. The van der Waals surface area contributed by atoms with E-state index in [2.05, 4.69) is 5.32 Å². The summed E-state index contributed by atoms with van der Waals surface area (Å²) in [5.74, 6) is -1.36. The molecule has 1 heterocycles. The zero-order valence-corrected chi connectivity index (χ0v) is 10.9. The summed E-state index contributed by atoms with van der Waals surface area (Å²) in [6.45, 7) is 0. The molecule has 2 rings (SSSR count). The van der Waals surface area contributed by atoms with E-state index in [1.807, 2.05) is 16.8 Å². The lowest BCUT2D eigenvalue weighted by atomic mass is 10.1. The van der Waals surface area contributed by atoms with E-state index in [0.29, 0.717) is 5.56 Å². The summed E-state index contributed by atoms with van der Waals surface area (Å²) in [6, 6.07) is 9.50. The van der Waals surface area contributed by atoms with Gasteiger partial charge in [0.2, 0.25) is 5.91 Å². The first-order chi connectivity index (χ1) is 9.16. The summed E-state index contributed by atoms with van der Waals surface area (Å²) in [4.78, 5) is 23.1. The summed E-state index contributed by atoms with van der Waals surface area (Å²) in [7, 11) is 0. The number of amides is 1. The van der Waals surface area contributed by atoms with Crippen molar-refractivity contribution in [2.45, 2.75) is 12.5 Å². The molecule has 19 heavy (non-hydrogen) atoms. The Bertz CT molecular complexity index is 551. The van der Waals surface area contributed by atoms with Crippen molar-refractivity contribution in [1.29, 1.82) is 0 Å². The highest BCUT2D eigenvalue weighted by molar-refractivity contribution is 7.07. The standard InChI is InChI=1S/C14H13NO3S/c16-12(8-10-6-7-19-9-10)15-13(14(17)18)11-4-2-1-3-5-11/h1-7,9,13H,8H2,(H,15,16)(H,17,18). The van der Waals surface area contributed by atoms with Gasteiger partial charge in [0.1, 0.15) is 0 Å². The second kappa shape index (κ2) is 6.15. The maximum atomic E-state index is 11.8. The van der Waals surface area contributed by atoms with Crippen molar-refractivity contribution in [2.24, 2.45) is 0 Å². The van der Waals surface area contributed by atoms with E-state index >= 15 is 0 Å². The predicted octanol–water partition coefficient (Wildman–Crippen LogP) is 2.23. The van der Waals surface area contributed by atoms with Crippen LogP contribution in [-0.4, -0.2) is 17.0 Å². The van der Waals surface area contributed by atoms with Gasteiger partial charge < -0.3 is 10.4 Å². The number of nitrogens with one attached hydrogen (secondary N) is 1. The van der Waals surface area contributed by atoms with E-state index in [1.165, 1.54) is 11.3 Å². The molecule has 5 heteroatoms. The summed E-state index contributed by atoms with van der Waals surface area (Å²) in [5, 5.41) is 15.5. The molecule has 1 unspecified atom stereocenters. The van der Waals surface area contributed by atoms with E-state index in [9.17, 15) is 14.7 Å². The molecule has 1 amide bonds. The maximum absolute atomic E-state index is 11.8. The van der Waals surface area contributed by atoms with Gasteiger partial charge in [-0.05, 0) is 28.0 Å². The zero-order valence-electron chi connectivity index (χ0n) is 10.1. The lowest BCUT2D eigenvalue weighted by molar-refractivity contribution is -0.141. The number of carboxylic acids is 1. The molecule has 0 aliphatic heterocycles. The Morgan fingerprint density at radius 1 is 1.21 bits per heavy atom. The fourth-order valence-electron chi connectivity index (χ4n) is 1.72. The van der Waals surface area contributed by atoms with E-state index in [4.69, 9.17) is 0 Å². The number of carbonyl (C=O) groups excluding carboxylic acids is 1. The Hall–Kier alpha value is -2.14. The van der Waals surface area contributed by atoms with Gasteiger partial charge in [-0.1, -0.05) is 30.3 Å². The topological polar surface area (TPSA) is 66.4 Å². The van der Waals surface area contributed by atoms with Crippen molar-refractivity contribution in [3.05, 3.63) is 58.3 Å². The smallest absolute Gasteiger partial charge is 0.330 e. The number of rotatable bonds is 5. The molecule has 0 aliphatic carbocycles. The molecule has 0 fully saturated rings. The quantitative estimate of drug-likeness (QED) is 0.879. The molecular formula is C14H13NO3S. The first-order valence-corrected chi connectivity index (χ1v) is 6.69. The SMILES string of the molecule is O=C(Cc1ccsc1)NC(C(=O)O)c1ccccc1. The summed E-state index contributed by atoms with van der Waals surface area (Å²) in [6.07, 6.45) is 0.195. The molecule has 1 aromatic carbocycles. The molecule has 4 nitrogen and oxygen atoms in total. The van der Waals surface area contributed by atoms with Crippen molar-refractivity contribution >= 4 is 23.2 Å². The molecule has 0 bridgehead atoms. The normalized spacial score (nSPS) is 11.8. The lowest BCUT2D eigenvalue weighted by Gasteiger charge is -2.14. The van der Waals surface area contributed by atoms with Crippen LogP contribution in [0.1, 0.15) is 17.2 Å². The van der Waals surface area contributed by atoms with Crippen LogP contribution in [0.2, 0.25) is 0 Å². The van der Waals surface area contributed by atoms with Crippen molar-refractivity contribution in [3.8, 4) is 0 Å².